The monoisotopic (exact) mass is 228 g/mol. The van der Waals surface area contributed by atoms with Crippen molar-refractivity contribution in [3.8, 4) is 0 Å². The molecule has 0 aliphatic heterocycles. The summed E-state index contributed by atoms with van der Waals surface area (Å²) in [7, 11) is 0. The smallest absolute Gasteiger partial charge is 0.407 e. The maximum atomic E-state index is 11.6. The summed E-state index contributed by atoms with van der Waals surface area (Å²) in [5.41, 5.74) is 5.48. The molecule has 4 heteroatoms. The number of alkyl carbamates (subject to hydrolysis) is 1. The molecule has 1 fully saturated rings. The van der Waals surface area contributed by atoms with Gasteiger partial charge in [-0.15, -0.1) is 0 Å². The van der Waals surface area contributed by atoms with Gasteiger partial charge in [0.2, 0.25) is 0 Å². The van der Waals surface area contributed by atoms with Crippen LogP contribution in [-0.2, 0) is 4.74 Å². The summed E-state index contributed by atoms with van der Waals surface area (Å²) >= 11 is 0. The lowest BCUT2D eigenvalue weighted by Crippen LogP contribution is -2.49. The second kappa shape index (κ2) is 4.62. The van der Waals surface area contributed by atoms with Crippen LogP contribution in [0.25, 0.3) is 0 Å². The van der Waals surface area contributed by atoms with E-state index in [4.69, 9.17) is 10.5 Å². The van der Waals surface area contributed by atoms with E-state index in [0.717, 1.165) is 25.7 Å². The van der Waals surface area contributed by atoms with Gasteiger partial charge in [-0.2, -0.15) is 0 Å². The third-order valence-electron chi connectivity index (χ3n) is 2.73. The summed E-state index contributed by atoms with van der Waals surface area (Å²) < 4.78 is 5.22. The maximum absolute atomic E-state index is 11.6. The van der Waals surface area contributed by atoms with Gasteiger partial charge in [-0.25, -0.2) is 4.79 Å². The Balaban J connectivity index is 2.40. The molecule has 2 atom stereocenters. The first-order valence-electron chi connectivity index (χ1n) is 5.96. The summed E-state index contributed by atoms with van der Waals surface area (Å²) in [6.07, 6.45) is 3.57. The van der Waals surface area contributed by atoms with Gasteiger partial charge in [-0.3, -0.25) is 0 Å². The van der Waals surface area contributed by atoms with Crippen LogP contribution in [0.1, 0.15) is 53.4 Å². The van der Waals surface area contributed by atoms with Gasteiger partial charge in [0.05, 0.1) is 0 Å². The van der Waals surface area contributed by atoms with Crippen molar-refractivity contribution in [3.05, 3.63) is 0 Å². The molecule has 0 aromatic heterocycles. The molecule has 94 valence electrons. The zero-order valence-electron chi connectivity index (χ0n) is 10.8. The topological polar surface area (TPSA) is 64.3 Å². The van der Waals surface area contributed by atoms with Crippen molar-refractivity contribution < 1.29 is 9.53 Å². The van der Waals surface area contributed by atoms with Crippen LogP contribution in [-0.4, -0.2) is 23.3 Å². The summed E-state index contributed by atoms with van der Waals surface area (Å²) in [5, 5.41) is 2.89. The molecule has 1 amide bonds. The second-order valence-corrected chi connectivity index (χ2v) is 6.09. The van der Waals surface area contributed by atoms with Crippen molar-refractivity contribution in [1.82, 2.24) is 5.32 Å². The molecule has 0 aromatic rings. The highest BCUT2D eigenvalue weighted by Crippen LogP contribution is 2.25. The van der Waals surface area contributed by atoms with Crippen molar-refractivity contribution in [2.24, 2.45) is 5.73 Å². The summed E-state index contributed by atoms with van der Waals surface area (Å²) in [6, 6.07) is 0.151. The van der Waals surface area contributed by atoms with Crippen LogP contribution in [0.5, 0.6) is 0 Å². The van der Waals surface area contributed by atoms with Gasteiger partial charge in [0.15, 0.2) is 0 Å². The lowest BCUT2D eigenvalue weighted by Gasteiger charge is -2.35. The lowest BCUT2D eigenvalue weighted by molar-refractivity contribution is 0.0483. The average molecular weight is 228 g/mol. The van der Waals surface area contributed by atoms with E-state index in [1.807, 2.05) is 27.7 Å². The Labute approximate surface area is 97.9 Å². The van der Waals surface area contributed by atoms with E-state index in [2.05, 4.69) is 5.32 Å². The van der Waals surface area contributed by atoms with E-state index in [-0.39, 0.29) is 17.7 Å². The van der Waals surface area contributed by atoms with E-state index < -0.39 is 5.60 Å². The minimum atomic E-state index is -0.440. The van der Waals surface area contributed by atoms with Crippen molar-refractivity contribution in [3.63, 3.8) is 0 Å². The molecule has 0 saturated heterocycles. The number of ether oxygens (including phenoxy) is 1. The first kappa shape index (κ1) is 13.3. The fraction of sp³-hybridized carbons (Fsp3) is 0.917. The number of hydrogen-bond donors (Lipinski definition) is 2. The first-order valence-corrected chi connectivity index (χ1v) is 5.96. The zero-order chi connectivity index (χ0) is 12.4. The molecule has 1 rings (SSSR count). The van der Waals surface area contributed by atoms with Crippen molar-refractivity contribution in [2.45, 2.75) is 70.6 Å². The van der Waals surface area contributed by atoms with Crippen molar-refractivity contribution >= 4 is 6.09 Å². The van der Waals surface area contributed by atoms with Gasteiger partial charge in [0.25, 0.3) is 0 Å². The van der Waals surface area contributed by atoms with Gasteiger partial charge in [-0.05, 0) is 53.4 Å². The Morgan fingerprint density at radius 2 is 2.12 bits per heavy atom. The highest BCUT2D eigenvalue weighted by Gasteiger charge is 2.30. The summed E-state index contributed by atoms with van der Waals surface area (Å²) in [4.78, 5) is 11.6. The van der Waals surface area contributed by atoms with E-state index in [1.165, 1.54) is 0 Å². The minimum absolute atomic E-state index is 0.151. The molecule has 0 spiro atoms. The molecule has 0 aromatic carbocycles. The SMILES string of the molecule is CC(C)(C)OC(=O)N[C@H]1CCC[C@@](C)(N)C1. The standard InChI is InChI=1S/C12H24N2O2/c1-11(2,3)16-10(15)14-9-6-5-7-12(4,13)8-9/h9H,5-8,13H2,1-4H3,(H,14,15)/t9-,12+/m0/s1. The number of nitrogens with one attached hydrogen (secondary N) is 1. The number of carbonyl (C=O) groups is 1. The van der Waals surface area contributed by atoms with Gasteiger partial charge in [0, 0.05) is 11.6 Å². The highest BCUT2D eigenvalue weighted by atomic mass is 16.6. The predicted octanol–water partition coefficient (Wildman–Crippen LogP) is 2.17. The van der Waals surface area contributed by atoms with Crippen molar-refractivity contribution in [1.29, 1.82) is 0 Å². The largest absolute Gasteiger partial charge is 0.444 e. The number of nitrogens with two attached hydrogens (primary N) is 1. The quantitative estimate of drug-likeness (QED) is 0.723. The highest BCUT2D eigenvalue weighted by molar-refractivity contribution is 5.68. The summed E-state index contributed by atoms with van der Waals surface area (Å²) in [5.74, 6) is 0. The molecular formula is C12H24N2O2. The number of hydrogen-bond acceptors (Lipinski definition) is 3. The molecule has 0 heterocycles. The Kier molecular flexibility index (Phi) is 3.84. The normalized spacial score (nSPS) is 30.9. The van der Waals surface area contributed by atoms with Crippen LogP contribution >= 0.6 is 0 Å². The predicted molar refractivity (Wildman–Crippen MR) is 64.2 cm³/mol. The van der Waals surface area contributed by atoms with Crippen LogP contribution in [0.2, 0.25) is 0 Å². The number of carbonyl (C=O) groups excluding carboxylic acids is 1. The first-order chi connectivity index (χ1) is 7.18. The van der Waals surface area contributed by atoms with E-state index in [9.17, 15) is 4.79 Å². The van der Waals surface area contributed by atoms with Gasteiger partial charge in [0.1, 0.15) is 5.60 Å². The molecule has 1 aliphatic carbocycles. The molecule has 1 saturated carbocycles. The molecule has 0 unspecified atom stereocenters. The number of amides is 1. The van der Waals surface area contributed by atoms with E-state index in [1.54, 1.807) is 0 Å². The fourth-order valence-corrected chi connectivity index (χ4v) is 2.12. The van der Waals surface area contributed by atoms with Gasteiger partial charge in [-0.1, -0.05) is 0 Å². The Hall–Kier alpha value is -0.770. The molecule has 4 nitrogen and oxygen atoms in total. The fourth-order valence-electron chi connectivity index (χ4n) is 2.12. The zero-order valence-corrected chi connectivity index (χ0v) is 10.8. The average Bonchev–Trinajstić information content (AvgIpc) is 1.96. The van der Waals surface area contributed by atoms with E-state index >= 15 is 0 Å². The van der Waals surface area contributed by atoms with Crippen LogP contribution in [0.3, 0.4) is 0 Å². The maximum Gasteiger partial charge on any atom is 0.407 e. The Bertz CT molecular complexity index is 256. The third kappa shape index (κ3) is 4.84. The Morgan fingerprint density at radius 3 is 2.62 bits per heavy atom. The van der Waals surface area contributed by atoms with Gasteiger partial charge < -0.3 is 15.8 Å². The molecular weight excluding hydrogens is 204 g/mol. The second-order valence-electron chi connectivity index (χ2n) is 6.09. The summed E-state index contributed by atoms with van der Waals surface area (Å²) in [6.45, 7) is 7.62. The lowest BCUT2D eigenvalue weighted by atomic mass is 9.81. The van der Waals surface area contributed by atoms with Gasteiger partial charge >= 0.3 is 6.09 Å². The molecule has 1 aliphatic rings. The van der Waals surface area contributed by atoms with E-state index in [0.29, 0.717) is 0 Å². The van der Waals surface area contributed by atoms with Crippen LogP contribution in [0.4, 0.5) is 4.79 Å². The minimum Gasteiger partial charge on any atom is -0.444 e. The molecule has 3 N–H and O–H groups in total. The third-order valence-corrected chi connectivity index (χ3v) is 2.73. The Morgan fingerprint density at radius 1 is 1.50 bits per heavy atom. The van der Waals surface area contributed by atoms with Crippen molar-refractivity contribution in [2.75, 3.05) is 0 Å². The van der Waals surface area contributed by atoms with Crippen LogP contribution in [0.15, 0.2) is 0 Å². The molecule has 0 bridgehead atoms. The molecule has 16 heavy (non-hydrogen) atoms. The number of rotatable bonds is 1. The van der Waals surface area contributed by atoms with Crippen LogP contribution in [0, 0.1) is 0 Å². The molecule has 0 radical (unpaired) electrons. The van der Waals surface area contributed by atoms with Crippen LogP contribution < -0.4 is 11.1 Å².